The van der Waals surface area contributed by atoms with Crippen molar-refractivity contribution in [3.05, 3.63) is 64.5 Å². The van der Waals surface area contributed by atoms with Crippen LogP contribution in [-0.2, 0) is 6.61 Å². The summed E-state index contributed by atoms with van der Waals surface area (Å²) < 4.78 is 18.7. The molecular formula is C16H15FO3. The predicted molar refractivity (Wildman–Crippen MR) is 73.6 cm³/mol. The lowest BCUT2D eigenvalue weighted by Crippen LogP contribution is -2.06. The second-order valence-electron chi connectivity index (χ2n) is 4.64. The Morgan fingerprint density at radius 1 is 1.15 bits per heavy atom. The quantitative estimate of drug-likeness (QED) is 0.924. The zero-order chi connectivity index (χ0) is 14.7. The van der Waals surface area contributed by atoms with E-state index in [0.717, 1.165) is 17.2 Å². The van der Waals surface area contributed by atoms with Crippen LogP contribution in [0.4, 0.5) is 4.39 Å². The van der Waals surface area contributed by atoms with Crippen LogP contribution in [0.25, 0.3) is 0 Å². The largest absolute Gasteiger partial charge is 0.489 e. The molecule has 104 valence electrons. The number of carboxylic acid groups (broad SMARTS) is 1. The highest BCUT2D eigenvalue weighted by Gasteiger charge is 2.11. The van der Waals surface area contributed by atoms with Crippen LogP contribution in [-0.4, -0.2) is 11.1 Å². The number of carbonyl (C=O) groups is 1. The average molecular weight is 274 g/mol. The Morgan fingerprint density at radius 2 is 1.90 bits per heavy atom. The molecule has 0 amide bonds. The molecule has 0 fully saturated rings. The fourth-order valence-corrected chi connectivity index (χ4v) is 1.86. The fourth-order valence-electron chi connectivity index (χ4n) is 1.86. The molecule has 20 heavy (non-hydrogen) atoms. The molecule has 1 N–H and O–H groups in total. The molecule has 0 saturated carbocycles. The molecule has 0 saturated heterocycles. The van der Waals surface area contributed by atoms with E-state index in [0.29, 0.717) is 11.3 Å². The number of ether oxygens (including phenoxy) is 1. The van der Waals surface area contributed by atoms with E-state index >= 15 is 0 Å². The van der Waals surface area contributed by atoms with Crippen molar-refractivity contribution in [1.29, 1.82) is 0 Å². The summed E-state index contributed by atoms with van der Waals surface area (Å²) in [6.45, 7) is 3.98. The second-order valence-corrected chi connectivity index (χ2v) is 4.64. The van der Waals surface area contributed by atoms with Crippen molar-refractivity contribution < 1.29 is 19.0 Å². The van der Waals surface area contributed by atoms with Gasteiger partial charge in [-0.15, -0.1) is 0 Å². The molecule has 0 atom stereocenters. The third-order valence-corrected chi connectivity index (χ3v) is 3.17. The minimum absolute atomic E-state index is 0.0158. The van der Waals surface area contributed by atoms with Crippen LogP contribution in [0, 0.1) is 19.7 Å². The molecule has 0 heterocycles. The van der Waals surface area contributed by atoms with Gasteiger partial charge in [0.25, 0.3) is 0 Å². The van der Waals surface area contributed by atoms with E-state index in [9.17, 15) is 9.18 Å². The fraction of sp³-hybridized carbons (Fsp3) is 0.188. The number of rotatable bonds is 4. The van der Waals surface area contributed by atoms with Crippen LogP contribution >= 0.6 is 0 Å². The van der Waals surface area contributed by atoms with Crippen LogP contribution in [0.1, 0.15) is 27.0 Å². The molecule has 0 aromatic heterocycles. The zero-order valence-electron chi connectivity index (χ0n) is 11.3. The highest BCUT2D eigenvalue weighted by molar-refractivity contribution is 5.89. The smallest absolute Gasteiger partial charge is 0.336 e. The van der Waals surface area contributed by atoms with Gasteiger partial charge in [0.15, 0.2) is 0 Å². The van der Waals surface area contributed by atoms with Crippen molar-refractivity contribution >= 4 is 5.97 Å². The molecular weight excluding hydrogens is 259 g/mol. The molecule has 2 rings (SSSR count). The number of carboxylic acids is 1. The van der Waals surface area contributed by atoms with Gasteiger partial charge in [0.05, 0.1) is 5.56 Å². The van der Waals surface area contributed by atoms with Gasteiger partial charge < -0.3 is 9.84 Å². The van der Waals surface area contributed by atoms with Crippen molar-refractivity contribution in [2.45, 2.75) is 20.5 Å². The highest BCUT2D eigenvalue weighted by Crippen LogP contribution is 2.19. The van der Waals surface area contributed by atoms with Crippen molar-refractivity contribution in [3.8, 4) is 5.75 Å². The van der Waals surface area contributed by atoms with Gasteiger partial charge >= 0.3 is 5.97 Å². The molecule has 0 aliphatic rings. The maximum Gasteiger partial charge on any atom is 0.336 e. The van der Waals surface area contributed by atoms with Crippen LogP contribution in [0.3, 0.4) is 0 Å². The Bertz CT molecular complexity index is 650. The summed E-state index contributed by atoms with van der Waals surface area (Å²) in [5.41, 5.74) is 2.60. The summed E-state index contributed by atoms with van der Waals surface area (Å²) in [5.74, 6) is -0.939. The molecule has 4 heteroatoms. The standard InChI is InChI=1S/C16H15FO3/c1-10-3-5-14(7-11(10)2)20-9-12-8-13(17)4-6-15(12)16(18)19/h3-8H,9H2,1-2H3,(H,18,19). The summed E-state index contributed by atoms with van der Waals surface area (Å²) in [4.78, 5) is 11.1. The first-order valence-electron chi connectivity index (χ1n) is 6.19. The number of hydrogen-bond acceptors (Lipinski definition) is 2. The van der Waals surface area contributed by atoms with Crippen molar-refractivity contribution in [1.82, 2.24) is 0 Å². The number of aryl methyl sites for hydroxylation is 2. The van der Waals surface area contributed by atoms with E-state index in [2.05, 4.69) is 0 Å². The third-order valence-electron chi connectivity index (χ3n) is 3.17. The van der Waals surface area contributed by atoms with Gasteiger partial charge in [0.1, 0.15) is 18.2 Å². The first-order valence-corrected chi connectivity index (χ1v) is 6.19. The lowest BCUT2D eigenvalue weighted by molar-refractivity contribution is 0.0694. The highest BCUT2D eigenvalue weighted by atomic mass is 19.1. The molecule has 2 aromatic carbocycles. The molecule has 0 radical (unpaired) electrons. The van der Waals surface area contributed by atoms with E-state index in [1.54, 1.807) is 0 Å². The van der Waals surface area contributed by atoms with Gasteiger partial charge in [0.2, 0.25) is 0 Å². The predicted octanol–water partition coefficient (Wildman–Crippen LogP) is 3.72. The average Bonchev–Trinajstić information content (AvgIpc) is 2.40. The van der Waals surface area contributed by atoms with E-state index in [-0.39, 0.29) is 12.2 Å². The van der Waals surface area contributed by atoms with E-state index < -0.39 is 11.8 Å². The summed E-state index contributed by atoms with van der Waals surface area (Å²) in [6, 6.07) is 9.16. The Kier molecular flexibility index (Phi) is 4.03. The van der Waals surface area contributed by atoms with Crippen molar-refractivity contribution in [2.24, 2.45) is 0 Å². The Balaban J connectivity index is 2.20. The van der Waals surface area contributed by atoms with E-state index in [1.807, 2.05) is 32.0 Å². The Labute approximate surface area is 116 Å². The lowest BCUT2D eigenvalue weighted by atomic mass is 10.1. The monoisotopic (exact) mass is 274 g/mol. The molecule has 0 aliphatic heterocycles. The van der Waals surface area contributed by atoms with Crippen molar-refractivity contribution in [2.75, 3.05) is 0 Å². The minimum atomic E-state index is -1.09. The molecule has 3 nitrogen and oxygen atoms in total. The molecule has 0 spiro atoms. The summed E-state index contributed by atoms with van der Waals surface area (Å²) in [5, 5.41) is 9.06. The van der Waals surface area contributed by atoms with E-state index in [1.165, 1.54) is 12.1 Å². The van der Waals surface area contributed by atoms with Gasteiger partial charge in [0, 0.05) is 5.56 Å². The lowest BCUT2D eigenvalue weighted by Gasteiger charge is -2.10. The van der Waals surface area contributed by atoms with Crippen LogP contribution in [0.5, 0.6) is 5.75 Å². The third kappa shape index (κ3) is 3.15. The van der Waals surface area contributed by atoms with Crippen LogP contribution < -0.4 is 4.74 Å². The molecule has 0 aliphatic carbocycles. The maximum absolute atomic E-state index is 13.2. The first-order chi connectivity index (χ1) is 9.47. The number of aromatic carboxylic acids is 1. The van der Waals surface area contributed by atoms with Crippen LogP contribution in [0.2, 0.25) is 0 Å². The maximum atomic E-state index is 13.2. The van der Waals surface area contributed by atoms with Gasteiger partial charge in [-0.25, -0.2) is 9.18 Å². The molecule has 2 aromatic rings. The van der Waals surface area contributed by atoms with Crippen molar-refractivity contribution in [3.63, 3.8) is 0 Å². The first kappa shape index (κ1) is 14.1. The van der Waals surface area contributed by atoms with Crippen LogP contribution in [0.15, 0.2) is 36.4 Å². The van der Waals surface area contributed by atoms with Gasteiger partial charge in [-0.05, 0) is 55.3 Å². The van der Waals surface area contributed by atoms with Gasteiger partial charge in [-0.3, -0.25) is 0 Å². The molecule has 0 bridgehead atoms. The van der Waals surface area contributed by atoms with E-state index in [4.69, 9.17) is 9.84 Å². The summed E-state index contributed by atoms with van der Waals surface area (Å²) in [6.07, 6.45) is 0. The number of halogens is 1. The Hall–Kier alpha value is -2.36. The minimum Gasteiger partial charge on any atom is -0.489 e. The van der Waals surface area contributed by atoms with Gasteiger partial charge in [-0.1, -0.05) is 6.07 Å². The van der Waals surface area contributed by atoms with Gasteiger partial charge in [-0.2, -0.15) is 0 Å². The summed E-state index contributed by atoms with van der Waals surface area (Å²) >= 11 is 0. The summed E-state index contributed by atoms with van der Waals surface area (Å²) in [7, 11) is 0. The normalized spacial score (nSPS) is 10.3. The SMILES string of the molecule is Cc1ccc(OCc2cc(F)ccc2C(=O)O)cc1C. The second kappa shape index (κ2) is 5.74. The zero-order valence-corrected chi connectivity index (χ0v) is 11.3. The molecule has 0 unspecified atom stereocenters. The number of benzene rings is 2. The Morgan fingerprint density at radius 3 is 2.55 bits per heavy atom. The number of hydrogen-bond donors (Lipinski definition) is 1. The topological polar surface area (TPSA) is 46.5 Å².